The maximum Gasteiger partial charge on any atom is 0.221 e. The van der Waals surface area contributed by atoms with Crippen molar-refractivity contribution in [3.63, 3.8) is 0 Å². The highest BCUT2D eigenvalue weighted by Crippen LogP contribution is 2.32. The summed E-state index contributed by atoms with van der Waals surface area (Å²) in [7, 11) is 0. The fraction of sp³-hybridized carbons (Fsp3) is 0.556. The first-order valence-electron chi connectivity index (χ1n) is 4.25. The Balaban J connectivity index is 2.19. The third-order valence-electron chi connectivity index (χ3n) is 1.88. The molecule has 12 heavy (non-hydrogen) atoms. The van der Waals surface area contributed by atoms with Crippen molar-refractivity contribution in [1.82, 2.24) is 5.32 Å². The van der Waals surface area contributed by atoms with E-state index in [2.05, 4.69) is 28.6 Å². The first kappa shape index (κ1) is 8.97. The molecule has 0 bridgehead atoms. The molecule has 0 heterocycles. The summed E-state index contributed by atoms with van der Waals surface area (Å²) in [5, 5.41) is 2.81. The minimum atomic E-state index is 0.575. The van der Waals surface area contributed by atoms with E-state index in [-0.39, 0.29) is 0 Å². The van der Waals surface area contributed by atoms with E-state index in [9.17, 15) is 0 Å². The predicted molar refractivity (Wildman–Crippen MR) is 52.5 cm³/mol. The lowest BCUT2D eigenvalue weighted by Gasteiger charge is -1.98. The summed E-state index contributed by atoms with van der Waals surface area (Å²) >= 11 is 0. The zero-order chi connectivity index (χ0) is 8.81. The minimum Gasteiger partial charge on any atom is -0.332 e. The second-order valence-electron chi connectivity index (χ2n) is 2.94. The quantitative estimate of drug-likeness (QED) is 0.498. The molecule has 0 atom stereocenters. The van der Waals surface area contributed by atoms with Crippen molar-refractivity contribution in [3.8, 4) is 0 Å². The van der Waals surface area contributed by atoms with Crippen LogP contribution >= 0.6 is 0 Å². The molecule has 3 nitrogen and oxygen atoms in total. The van der Waals surface area contributed by atoms with Crippen LogP contribution < -0.4 is 5.32 Å². The van der Waals surface area contributed by atoms with Gasteiger partial charge < -0.3 is 5.32 Å². The van der Waals surface area contributed by atoms with E-state index in [0.29, 0.717) is 5.96 Å². The average Bonchev–Trinajstić information content (AvgIpc) is 2.87. The Hall–Kier alpha value is -1.12. The summed E-state index contributed by atoms with van der Waals surface area (Å²) in [5.41, 5.74) is 0. The number of rotatable bonds is 4. The van der Waals surface area contributed by atoms with E-state index in [4.69, 9.17) is 0 Å². The standard InChI is InChI=1S/C9H15N3/c1-3-11-9(10-2)12-7-6-8-4-5-8/h3,8H,1-2,4-7H2,(H,11,12). The normalized spacial score (nSPS) is 17.2. The molecule has 0 saturated heterocycles. The van der Waals surface area contributed by atoms with E-state index in [1.165, 1.54) is 19.3 Å². The number of nitrogens with zero attached hydrogens (tertiary/aromatic N) is 2. The maximum atomic E-state index is 4.22. The van der Waals surface area contributed by atoms with E-state index in [1.807, 2.05) is 0 Å². The SMILES string of the molecule is C=CNC(N=C)=NCCC1CC1. The van der Waals surface area contributed by atoms with Gasteiger partial charge in [-0.1, -0.05) is 19.4 Å². The van der Waals surface area contributed by atoms with Gasteiger partial charge in [0.25, 0.3) is 0 Å². The minimum absolute atomic E-state index is 0.575. The molecule has 66 valence electrons. The zero-order valence-corrected chi connectivity index (χ0v) is 7.29. The first-order chi connectivity index (χ1) is 5.86. The summed E-state index contributed by atoms with van der Waals surface area (Å²) in [6, 6.07) is 0. The molecular formula is C9H15N3. The lowest BCUT2D eigenvalue weighted by Crippen LogP contribution is -2.14. The predicted octanol–water partition coefficient (Wildman–Crippen LogP) is 1.58. The Bertz CT molecular complexity index is 192. The first-order valence-corrected chi connectivity index (χ1v) is 4.25. The molecule has 1 aliphatic carbocycles. The molecule has 1 saturated carbocycles. The fourth-order valence-corrected chi connectivity index (χ4v) is 0.992. The van der Waals surface area contributed by atoms with Crippen molar-refractivity contribution in [2.24, 2.45) is 15.9 Å². The number of nitrogens with one attached hydrogen (secondary N) is 1. The van der Waals surface area contributed by atoms with Crippen LogP contribution in [0, 0.1) is 5.92 Å². The molecule has 0 amide bonds. The van der Waals surface area contributed by atoms with Crippen molar-refractivity contribution < 1.29 is 0 Å². The molecule has 0 unspecified atom stereocenters. The Morgan fingerprint density at radius 1 is 1.58 bits per heavy atom. The third kappa shape index (κ3) is 3.32. The van der Waals surface area contributed by atoms with Crippen LogP contribution in [0.25, 0.3) is 0 Å². The summed E-state index contributed by atoms with van der Waals surface area (Å²) in [4.78, 5) is 7.93. The number of guanidine groups is 1. The van der Waals surface area contributed by atoms with Gasteiger partial charge >= 0.3 is 0 Å². The molecule has 1 fully saturated rings. The van der Waals surface area contributed by atoms with Crippen LogP contribution in [0.2, 0.25) is 0 Å². The van der Waals surface area contributed by atoms with Crippen molar-refractivity contribution in [1.29, 1.82) is 0 Å². The summed E-state index contributed by atoms with van der Waals surface area (Å²) in [6.07, 6.45) is 5.49. The van der Waals surface area contributed by atoms with Gasteiger partial charge in [0.1, 0.15) is 0 Å². The third-order valence-corrected chi connectivity index (χ3v) is 1.88. The largest absolute Gasteiger partial charge is 0.332 e. The monoisotopic (exact) mass is 165 g/mol. The Morgan fingerprint density at radius 2 is 2.33 bits per heavy atom. The number of hydrogen-bond donors (Lipinski definition) is 1. The van der Waals surface area contributed by atoms with Crippen molar-refractivity contribution in [3.05, 3.63) is 12.8 Å². The average molecular weight is 165 g/mol. The molecule has 1 rings (SSSR count). The van der Waals surface area contributed by atoms with Gasteiger partial charge in [0.05, 0.1) is 0 Å². The van der Waals surface area contributed by atoms with Crippen LogP contribution in [0.3, 0.4) is 0 Å². The molecule has 0 aromatic heterocycles. The van der Waals surface area contributed by atoms with E-state index in [1.54, 1.807) is 6.20 Å². The summed E-state index contributed by atoms with van der Waals surface area (Å²) in [5.74, 6) is 1.49. The van der Waals surface area contributed by atoms with E-state index >= 15 is 0 Å². The van der Waals surface area contributed by atoms with Gasteiger partial charge in [0.2, 0.25) is 5.96 Å². The van der Waals surface area contributed by atoms with Crippen molar-refractivity contribution >= 4 is 12.7 Å². The molecular weight excluding hydrogens is 150 g/mol. The molecule has 3 heteroatoms. The summed E-state index contributed by atoms with van der Waals surface area (Å²) in [6.45, 7) is 7.77. The summed E-state index contributed by atoms with van der Waals surface area (Å²) < 4.78 is 0. The Labute approximate surface area is 73.3 Å². The van der Waals surface area contributed by atoms with E-state index < -0.39 is 0 Å². The van der Waals surface area contributed by atoms with Crippen LogP contribution in [-0.4, -0.2) is 19.2 Å². The molecule has 0 aromatic rings. The number of aliphatic imine (C=N–C) groups is 2. The van der Waals surface area contributed by atoms with E-state index in [0.717, 1.165) is 12.5 Å². The molecule has 0 spiro atoms. The smallest absolute Gasteiger partial charge is 0.221 e. The molecule has 0 aliphatic heterocycles. The molecule has 0 aromatic carbocycles. The molecule has 1 N–H and O–H groups in total. The highest BCUT2D eigenvalue weighted by Gasteiger charge is 2.19. The van der Waals surface area contributed by atoms with Gasteiger partial charge in [-0.3, -0.25) is 4.99 Å². The van der Waals surface area contributed by atoms with Crippen LogP contribution in [-0.2, 0) is 0 Å². The highest BCUT2D eigenvalue weighted by atomic mass is 15.1. The zero-order valence-electron chi connectivity index (χ0n) is 7.29. The van der Waals surface area contributed by atoms with Gasteiger partial charge in [-0.05, 0) is 25.3 Å². The molecule has 1 aliphatic rings. The molecule has 0 radical (unpaired) electrons. The lowest BCUT2D eigenvalue weighted by atomic mass is 10.3. The Kier molecular flexibility index (Phi) is 3.51. The van der Waals surface area contributed by atoms with Crippen LogP contribution in [0.4, 0.5) is 0 Å². The maximum absolute atomic E-state index is 4.22. The topological polar surface area (TPSA) is 36.8 Å². The number of hydrogen-bond acceptors (Lipinski definition) is 1. The van der Waals surface area contributed by atoms with Crippen LogP contribution in [0.1, 0.15) is 19.3 Å². The van der Waals surface area contributed by atoms with Crippen molar-refractivity contribution in [2.75, 3.05) is 6.54 Å². The van der Waals surface area contributed by atoms with Gasteiger partial charge in [-0.2, -0.15) is 0 Å². The second-order valence-corrected chi connectivity index (χ2v) is 2.94. The highest BCUT2D eigenvalue weighted by molar-refractivity contribution is 5.84. The van der Waals surface area contributed by atoms with Gasteiger partial charge in [-0.25, -0.2) is 4.99 Å². The van der Waals surface area contributed by atoms with Gasteiger partial charge in [0.15, 0.2) is 0 Å². The second kappa shape index (κ2) is 4.70. The lowest BCUT2D eigenvalue weighted by molar-refractivity contribution is 0.737. The Morgan fingerprint density at radius 3 is 2.83 bits per heavy atom. The van der Waals surface area contributed by atoms with Crippen LogP contribution in [0.15, 0.2) is 22.8 Å². The fourth-order valence-electron chi connectivity index (χ4n) is 0.992. The van der Waals surface area contributed by atoms with Gasteiger partial charge in [0, 0.05) is 6.54 Å². The van der Waals surface area contributed by atoms with Crippen molar-refractivity contribution in [2.45, 2.75) is 19.3 Å². The van der Waals surface area contributed by atoms with Crippen LogP contribution in [0.5, 0.6) is 0 Å². The van der Waals surface area contributed by atoms with Gasteiger partial charge in [-0.15, -0.1) is 0 Å².